The third-order valence-corrected chi connectivity index (χ3v) is 4.40. The van der Waals surface area contributed by atoms with Crippen molar-refractivity contribution >= 4 is 11.3 Å². The summed E-state index contributed by atoms with van der Waals surface area (Å²) in [6.45, 7) is 4.23. The van der Waals surface area contributed by atoms with Crippen LogP contribution in [0.5, 0.6) is 0 Å². The number of nitrogens with one attached hydrogen (secondary N) is 1. The molecule has 2 nitrogen and oxygen atoms in total. The first kappa shape index (κ1) is 11.9. The highest BCUT2D eigenvalue weighted by molar-refractivity contribution is 7.13. The normalized spacial score (nSPS) is 14.9. The first-order chi connectivity index (χ1) is 8.83. The third kappa shape index (κ3) is 2.79. The summed E-state index contributed by atoms with van der Waals surface area (Å²) in [5.41, 5.74) is 5.68. The van der Waals surface area contributed by atoms with Crippen molar-refractivity contribution in [1.29, 1.82) is 0 Å². The molecule has 0 amide bonds. The molecule has 0 bridgehead atoms. The Morgan fingerprint density at radius 1 is 1.28 bits per heavy atom. The van der Waals surface area contributed by atoms with Crippen molar-refractivity contribution in [3.05, 3.63) is 41.0 Å². The fourth-order valence-corrected chi connectivity index (χ4v) is 2.91. The quantitative estimate of drug-likeness (QED) is 0.886. The van der Waals surface area contributed by atoms with Gasteiger partial charge in [-0.2, -0.15) is 0 Å². The van der Waals surface area contributed by atoms with Crippen molar-refractivity contribution in [2.75, 3.05) is 6.54 Å². The summed E-state index contributed by atoms with van der Waals surface area (Å²) >= 11 is 1.71. The molecule has 1 N–H and O–H groups in total. The molecule has 0 atom stereocenters. The zero-order valence-corrected chi connectivity index (χ0v) is 11.5. The fourth-order valence-electron chi connectivity index (χ4n) is 2.10. The molecule has 0 unspecified atom stereocenters. The summed E-state index contributed by atoms with van der Waals surface area (Å²) in [7, 11) is 0. The molecular formula is C15H18N2S. The first-order valence-corrected chi connectivity index (χ1v) is 7.41. The summed E-state index contributed by atoms with van der Waals surface area (Å²) in [4.78, 5) is 5.58. The molecular weight excluding hydrogens is 240 g/mol. The minimum Gasteiger partial charge on any atom is -0.312 e. The zero-order valence-electron chi connectivity index (χ0n) is 10.6. The van der Waals surface area contributed by atoms with Crippen LogP contribution in [0, 0.1) is 12.8 Å². The second-order valence-corrected chi connectivity index (χ2v) is 5.89. The lowest BCUT2D eigenvalue weighted by Gasteiger charge is -2.05. The molecule has 1 aromatic carbocycles. The molecule has 2 aromatic rings. The molecule has 0 saturated heterocycles. The van der Waals surface area contributed by atoms with Crippen LogP contribution >= 0.6 is 11.3 Å². The van der Waals surface area contributed by atoms with Crippen LogP contribution in [-0.2, 0) is 6.54 Å². The van der Waals surface area contributed by atoms with Crippen LogP contribution in [0.2, 0.25) is 0 Å². The van der Waals surface area contributed by atoms with Crippen molar-refractivity contribution in [2.24, 2.45) is 5.92 Å². The van der Waals surface area contributed by atoms with E-state index in [2.05, 4.69) is 41.5 Å². The molecule has 1 saturated carbocycles. The van der Waals surface area contributed by atoms with Crippen molar-refractivity contribution in [1.82, 2.24) is 10.3 Å². The maximum atomic E-state index is 4.30. The second kappa shape index (κ2) is 5.21. The van der Waals surface area contributed by atoms with Crippen LogP contribution in [0.15, 0.2) is 29.8 Å². The van der Waals surface area contributed by atoms with Crippen LogP contribution in [0.4, 0.5) is 0 Å². The standard InChI is InChI=1S/C15H18N2S/c1-11-15(18-10-17-11)14-6-4-13(5-7-14)9-16-8-12-2-3-12/h4-7,10,12,16H,2-3,8-9H2,1H3. The van der Waals surface area contributed by atoms with E-state index in [0.717, 1.165) is 18.2 Å². The van der Waals surface area contributed by atoms with E-state index in [1.165, 1.54) is 35.4 Å². The van der Waals surface area contributed by atoms with Gasteiger partial charge in [-0.15, -0.1) is 11.3 Å². The van der Waals surface area contributed by atoms with E-state index in [1.54, 1.807) is 11.3 Å². The molecule has 3 heteroatoms. The second-order valence-electron chi connectivity index (χ2n) is 5.04. The number of hydrogen-bond donors (Lipinski definition) is 1. The lowest BCUT2D eigenvalue weighted by molar-refractivity contribution is 0.639. The summed E-state index contributed by atoms with van der Waals surface area (Å²) in [6, 6.07) is 8.84. The van der Waals surface area contributed by atoms with E-state index in [-0.39, 0.29) is 0 Å². The third-order valence-electron chi connectivity index (χ3n) is 3.42. The number of benzene rings is 1. The average Bonchev–Trinajstić information content (AvgIpc) is 3.11. The van der Waals surface area contributed by atoms with Gasteiger partial charge in [-0.3, -0.25) is 0 Å². The van der Waals surface area contributed by atoms with Gasteiger partial charge in [0, 0.05) is 6.54 Å². The van der Waals surface area contributed by atoms with Gasteiger partial charge in [0.1, 0.15) is 0 Å². The van der Waals surface area contributed by atoms with Gasteiger partial charge in [0.05, 0.1) is 16.1 Å². The predicted molar refractivity (Wildman–Crippen MR) is 76.7 cm³/mol. The van der Waals surface area contributed by atoms with Gasteiger partial charge < -0.3 is 5.32 Å². The smallest absolute Gasteiger partial charge is 0.0801 e. The van der Waals surface area contributed by atoms with Gasteiger partial charge in [0.25, 0.3) is 0 Å². The van der Waals surface area contributed by atoms with Crippen molar-refractivity contribution in [3.8, 4) is 10.4 Å². The van der Waals surface area contributed by atoms with Gasteiger partial charge in [-0.25, -0.2) is 4.98 Å². The van der Waals surface area contributed by atoms with Crippen molar-refractivity contribution in [3.63, 3.8) is 0 Å². The number of aryl methyl sites for hydroxylation is 1. The predicted octanol–water partition coefficient (Wildman–Crippen LogP) is 3.62. The molecule has 18 heavy (non-hydrogen) atoms. The molecule has 94 valence electrons. The minimum absolute atomic E-state index is 0.948. The minimum atomic E-state index is 0.948. The van der Waals surface area contributed by atoms with Crippen LogP contribution in [0.1, 0.15) is 24.1 Å². The van der Waals surface area contributed by atoms with Gasteiger partial charge in [0.2, 0.25) is 0 Å². The number of nitrogens with zero attached hydrogens (tertiary/aromatic N) is 1. The van der Waals surface area contributed by atoms with E-state index in [9.17, 15) is 0 Å². The van der Waals surface area contributed by atoms with Crippen molar-refractivity contribution < 1.29 is 0 Å². The first-order valence-electron chi connectivity index (χ1n) is 6.53. The maximum Gasteiger partial charge on any atom is 0.0801 e. The molecule has 1 aliphatic rings. The zero-order chi connectivity index (χ0) is 12.4. The van der Waals surface area contributed by atoms with E-state index in [4.69, 9.17) is 0 Å². The Morgan fingerprint density at radius 3 is 2.67 bits per heavy atom. The number of hydrogen-bond acceptors (Lipinski definition) is 3. The van der Waals surface area contributed by atoms with Gasteiger partial charge in [-0.05, 0) is 43.4 Å². The Kier molecular flexibility index (Phi) is 3.43. The largest absolute Gasteiger partial charge is 0.312 e. The molecule has 1 aromatic heterocycles. The van der Waals surface area contributed by atoms with E-state index in [1.807, 2.05) is 5.51 Å². The van der Waals surface area contributed by atoms with Crippen LogP contribution in [-0.4, -0.2) is 11.5 Å². The number of aromatic nitrogens is 1. The highest BCUT2D eigenvalue weighted by Crippen LogP contribution is 2.28. The topological polar surface area (TPSA) is 24.9 Å². The Morgan fingerprint density at radius 2 is 2.06 bits per heavy atom. The fraction of sp³-hybridized carbons (Fsp3) is 0.400. The molecule has 3 rings (SSSR count). The van der Waals surface area contributed by atoms with Crippen LogP contribution < -0.4 is 5.32 Å². The summed E-state index contributed by atoms with van der Waals surface area (Å²) in [5.74, 6) is 0.948. The Labute approximate surface area is 112 Å². The van der Waals surface area contributed by atoms with Gasteiger partial charge in [-0.1, -0.05) is 24.3 Å². The average molecular weight is 258 g/mol. The number of rotatable bonds is 5. The summed E-state index contributed by atoms with van der Waals surface area (Å²) in [5, 5.41) is 3.52. The number of thiazole rings is 1. The SMILES string of the molecule is Cc1ncsc1-c1ccc(CNCC2CC2)cc1. The van der Waals surface area contributed by atoms with Crippen molar-refractivity contribution in [2.45, 2.75) is 26.3 Å². The van der Waals surface area contributed by atoms with E-state index in [0.29, 0.717) is 0 Å². The summed E-state index contributed by atoms with van der Waals surface area (Å²) in [6.07, 6.45) is 2.83. The van der Waals surface area contributed by atoms with Gasteiger partial charge in [0.15, 0.2) is 0 Å². The molecule has 0 aliphatic heterocycles. The van der Waals surface area contributed by atoms with Crippen LogP contribution in [0.25, 0.3) is 10.4 Å². The monoisotopic (exact) mass is 258 g/mol. The van der Waals surface area contributed by atoms with E-state index < -0.39 is 0 Å². The highest BCUT2D eigenvalue weighted by Gasteiger charge is 2.19. The summed E-state index contributed by atoms with van der Waals surface area (Å²) < 4.78 is 0. The van der Waals surface area contributed by atoms with E-state index >= 15 is 0 Å². The van der Waals surface area contributed by atoms with Gasteiger partial charge >= 0.3 is 0 Å². The Bertz CT molecular complexity index is 512. The van der Waals surface area contributed by atoms with Crippen LogP contribution in [0.3, 0.4) is 0 Å². The molecule has 1 heterocycles. The molecule has 1 aliphatic carbocycles. The lowest BCUT2D eigenvalue weighted by atomic mass is 10.1. The Hall–Kier alpha value is -1.19. The lowest BCUT2D eigenvalue weighted by Crippen LogP contribution is -2.15. The Balaban J connectivity index is 1.63. The molecule has 0 spiro atoms. The molecule has 1 fully saturated rings. The molecule has 0 radical (unpaired) electrons. The highest BCUT2D eigenvalue weighted by atomic mass is 32.1. The maximum absolute atomic E-state index is 4.30.